The Morgan fingerprint density at radius 2 is 1.09 bits per heavy atom. The van der Waals surface area contributed by atoms with E-state index in [2.05, 4.69) is 39.8 Å². The molecule has 0 nitrogen and oxygen atoms in total. The van der Waals surface area contributed by atoms with Crippen LogP contribution in [0.15, 0.2) is 12.2 Å². The summed E-state index contributed by atoms with van der Waals surface area (Å²) in [4.78, 5) is 0. The first-order chi connectivity index (χ1) is 11.2. The van der Waals surface area contributed by atoms with Gasteiger partial charge in [0, 0.05) is 0 Å². The standard InChI is InChI=1S/C23H46/c1-5-7-9-10-11-12-13-14-15-16-17-19-21-23(4)22(3)20-18-8-6-2/h17,19,22-23H,5-16,18,20-21H2,1-4H3. The highest BCUT2D eigenvalue weighted by Crippen LogP contribution is 2.21. The van der Waals surface area contributed by atoms with Gasteiger partial charge in [0.05, 0.1) is 0 Å². The second kappa shape index (κ2) is 18.1. The third kappa shape index (κ3) is 16.4. The lowest BCUT2D eigenvalue weighted by molar-refractivity contribution is 0.355. The summed E-state index contributed by atoms with van der Waals surface area (Å²) >= 11 is 0. The molecule has 0 aliphatic rings. The van der Waals surface area contributed by atoms with E-state index in [9.17, 15) is 0 Å². The smallest absolute Gasteiger partial charge is 0.0322 e. The van der Waals surface area contributed by atoms with Gasteiger partial charge in [0.1, 0.15) is 0 Å². The van der Waals surface area contributed by atoms with Crippen molar-refractivity contribution < 1.29 is 0 Å². The number of allylic oxidation sites excluding steroid dienone is 2. The molecule has 138 valence electrons. The molecule has 0 saturated carbocycles. The van der Waals surface area contributed by atoms with Gasteiger partial charge in [-0.3, -0.25) is 0 Å². The first-order valence-electron chi connectivity index (χ1n) is 10.9. The summed E-state index contributed by atoms with van der Waals surface area (Å²) in [5.74, 6) is 1.74. The van der Waals surface area contributed by atoms with Gasteiger partial charge in [0.15, 0.2) is 0 Å². The van der Waals surface area contributed by atoms with Gasteiger partial charge in [0.2, 0.25) is 0 Å². The van der Waals surface area contributed by atoms with Crippen LogP contribution >= 0.6 is 0 Å². The van der Waals surface area contributed by atoms with Crippen LogP contribution in [0.25, 0.3) is 0 Å². The molecule has 0 N–H and O–H groups in total. The summed E-state index contributed by atoms with van der Waals surface area (Å²) < 4.78 is 0. The molecule has 0 aliphatic carbocycles. The monoisotopic (exact) mass is 322 g/mol. The summed E-state index contributed by atoms with van der Waals surface area (Å²) in [5, 5.41) is 0. The van der Waals surface area contributed by atoms with Gasteiger partial charge in [0.25, 0.3) is 0 Å². The lowest BCUT2D eigenvalue weighted by Crippen LogP contribution is -2.06. The van der Waals surface area contributed by atoms with Crippen molar-refractivity contribution in [3.63, 3.8) is 0 Å². The molecule has 0 fully saturated rings. The molecule has 2 atom stereocenters. The van der Waals surface area contributed by atoms with E-state index < -0.39 is 0 Å². The third-order valence-corrected chi connectivity index (χ3v) is 5.38. The van der Waals surface area contributed by atoms with Crippen LogP contribution in [-0.4, -0.2) is 0 Å². The molecule has 0 heteroatoms. The molecule has 0 radical (unpaired) electrons. The van der Waals surface area contributed by atoms with Crippen LogP contribution < -0.4 is 0 Å². The summed E-state index contributed by atoms with van der Waals surface area (Å²) in [6.07, 6.45) is 26.0. The molecular formula is C23H46. The maximum absolute atomic E-state index is 2.45. The van der Waals surface area contributed by atoms with Crippen molar-refractivity contribution in [1.29, 1.82) is 0 Å². The molecule has 0 bridgehead atoms. The van der Waals surface area contributed by atoms with E-state index in [1.807, 2.05) is 0 Å². The van der Waals surface area contributed by atoms with Crippen LogP contribution in [0, 0.1) is 11.8 Å². The first kappa shape index (κ1) is 22.7. The normalized spacial score (nSPS) is 14.4. The number of hydrogen-bond donors (Lipinski definition) is 0. The van der Waals surface area contributed by atoms with Gasteiger partial charge in [-0.05, 0) is 31.1 Å². The molecule has 0 spiro atoms. The topological polar surface area (TPSA) is 0 Å². The SMILES string of the molecule is CCCCCCCCCCCC=CCC(C)C(C)CCCCC. The maximum atomic E-state index is 2.45. The van der Waals surface area contributed by atoms with Crippen LogP contribution in [0.2, 0.25) is 0 Å². The van der Waals surface area contributed by atoms with Gasteiger partial charge in [-0.2, -0.15) is 0 Å². The molecule has 0 aromatic carbocycles. The van der Waals surface area contributed by atoms with Crippen LogP contribution in [0.3, 0.4) is 0 Å². The van der Waals surface area contributed by atoms with Crippen molar-refractivity contribution >= 4 is 0 Å². The van der Waals surface area contributed by atoms with Gasteiger partial charge < -0.3 is 0 Å². The zero-order valence-electron chi connectivity index (χ0n) is 16.9. The average Bonchev–Trinajstić information content (AvgIpc) is 2.55. The van der Waals surface area contributed by atoms with Gasteiger partial charge >= 0.3 is 0 Å². The van der Waals surface area contributed by atoms with Crippen molar-refractivity contribution in [2.75, 3.05) is 0 Å². The summed E-state index contributed by atoms with van der Waals surface area (Å²) in [7, 11) is 0. The van der Waals surface area contributed by atoms with Gasteiger partial charge in [-0.1, -0.05) is 117 Å². The average molecular weight is 323 g/mol. The molecule has 0 heterocycles. The van der Waals surface area contributed by atoms with Crippen molar-refractivity contribution in [1.82, 2.24) is 0 Å². The van der Waals surface area contributed by atoms with E-state index in [0.29, 0.717) is 0 Å². The molecular weight excluding hydrogens is 276 g/mol. The second-order valence-electron chi connectivity index (χ2n) is 7.77. The third-order valence-electron chi connectivity index (χ3n) is 5.38. The lowest BCUT2D eigenvalue weighted by atomic mass is 9.88. The van der Waals surface area contributed by atoms with Crippen LogP contribution in [0.1, 0.15) is 124 Å². The first-order valence-corrected chi connectivity index (χ1v) is 10.9. The van der Waals surface area contributed by atoms with E-state index in [1.54, 1.807) is 0 Å². The molecule has 0 aromatic rings. The quantitative estimate of drug-likeness (QED) is 0.185. The van der Waals surface area contributed by atoms with Crippen molar-refractivity contribution in [3.8, 4) is 0 Å². The zero-order chi connectivity index (χ0) is 17.2. The Morgan fingerprint density at radius 1 is 0.565 bits per heavy atom. The Labute approximate surface area is 148 Å². The molecule has 0 aliphatic heterocycles. The van der Waals surface area contributed by atoms with Gasteiger partial charge in [-0.15, -0.1) is 0 Å². The zero-order valence-corrected chi connectivity index (χ0v) is 16.9. The number of unbranched alkanes of at least 4 members (excludes halogenated alkanes) is 11. The fourth-order valence-electron chi connectivity index (χ4n) is 3.23. The molecule has 23 heavy (non-hydrogen) atoms. The maximum Gasteiger partial charge on any atom is -0.0322 e. The Balaban J connectivity index is 3.36. The largest absolute Gasteiger partial charge is 0.0885 e. The Bertz CT molecular complexity index is 240. The fourth-order valence-corrected chi connectivity index (χ4v) is 3.23. The van der Waals surface area contributed by atoms with Crippen LogP contribution in [-0.2, 0) is 0 Å². The summed E-state index contributed by atoms with van der Waals surface area (Å²) in [5.41, 5.74) is 0. The van der Waals surface area contributed by atoms with Crippen LogP contribution in [0.4, 0.5) is 0 Å². The minimum Gasteiger partial charge on any atom is -0.0885 e. The van der Waals surface area contributed by atoms with Gasteiger partial charge in [-0.25, -0.2) is 0 Å². The van der Waals surface area contributed by atoms with E-state index >= 15 is 0 Å². The van der Waals surface area contributed by atoms with E-state index in [-0.39, 0.29) is 0 Å². The fraction of sp³-hybridized carbons (Fsp3) is 0.913. The lowest BCUT2D eigenvalue weighted by Gasteiger charge is -2.18. The predicted octanol–water partition coefficient (Wildman–Crippen LogP) is 8.71. The van der Waals surface area contributed by atoms with E-state index in [1.165, 1.54) is 96.3 Å². The molecule has 0 rings (SSSR count). The molecule has 2 unspecified atom stereocenters. The number of hydrogen-bond acceptors (Lipinski definition) is 0. The Hall–Kier alpha value is -0.260. The Morgan fingerprint density at radius 3 is 1.70 bits per heavy atom. The van der Waals surface area contributed by atoms with Crippen molar-refractivity contribution in [2.45, 2.75) is 124 Å². The molecule has 0 saturated heterocycles. The molecule has 0 amide bonds. The van der Waals surface area contributed by atoms with Crippen molar-refractivity contribution in [2.24, 2.45) is 11.8 Å². The van der Waals surface area contributed by atoms with Crippen molar-refractivity contribution in [3.05, 3.63) is 12.2 Å². The van der Waals surface area contributed by atoms with E-state index in [4.69, 9.17) is 0 Å². The van der Waals surface area contributed by atoms with E-state index in [0.717, 1.165) is 11.8 Å². The highest BCUT2D eigenvalue weighted by molar-refractivity contribution is 4.84. The number of rotatable bonds is 17. The second-order valence-corrected chi connectivity index (χ2v) is 7.77. The highest BCUT2D eigenvalue weighted by Gasteiger charge is 2.09. The summed E-state index contributed by atoms with van der Waals surface area (Å²) in [6, 6.07) is 0. The molecule has 0 aromatic heterocycles. The Kier molecular flexibility index (Phi) is 17.9. The minimum absolute atomic E-state index is 0.853. The predicted molar refractivity (Wildman–Crippen MR) is 108 cm³/mol. The highest BCUT2D eigenvalue weighted by atomic mass is 14.1. The minimum atomic E-state index is 0.853. The summed E-state index contributed by atoms with van der Waals surface area (Å²) in [6.45, 7) is 9.46. The van der Waals surface area contributed by atoms with Crippen LogP contribution in [0.5, 0.6) is 0 Å².